The van der Waals surface area contributed by atoms with Crippen molar-refractivity contribution in [3.63, 3.8) is 0 Å². The summed E-state index contributed by atoms with van der Waals surface area (Å²) in [6.07, 6.45) is 2.73. The molecule has 0 radical (unpaired) electrons. The molecule has 8 heteroatoms. The molecule has 2 aromatic rings. The molecule has 1 fully saturated rings. The summed E-state index contributed by atoms with van der Waals surface area (Å²) in [6, 6.07) is 10.7. The number of anilines is 3. The first-order valence-corrected chi connectivity index (χ1v) is 11.2. The Kier molecular flexibility index (Phi) is 6.26. The van der Waals surface area contributed by atoms with Crippen molar-refractivity contribution in [3.8, 4) is 5.75 Å². The van der Waals surface area contributed by atoms with E-state index in [1.54, 1.807) is 39.4 Å². The minimum Gasteiger partial charge on any atom is -0.495 e. The van der Waals surface area contributed by atoms with Gasteiger partial charge in [-0.2, -0.15) is 0 Å². The van der Waals surface area contributed by atoms with Crippen LogP contribution in [0.3, 0.4) is 0 Å². The van der Waals surface area contributed by atoms with Crippen LogP contribution in [-0.4, -0.2) is 63.0 Å². The van der Waals surface area contributed by atoms with Gasteiger partial charge in [0.05, 0.1) is 24.2 Å². The van der Waals surface area contributed by atoms with Gasteiger partial charge in [0.15, 0.2) is 0 Å². The van der Waals surface area contributed by atoms with Crippen molar-refractivity contribution in [2.24, 2.45) is 0 Å². The van der Waals surface area contributed by atoms with Gasteiger partial charge in [-0.1, -0.05) is 6.07 Å². The Morgan fingerprint density at radius 3 is 2.64 bits per heavy atom. The Hall–Kier alpha value is -3.55. The van der Waals surface area contributed by atoms with Crippen molar-refractivity contribution in [1.82, 2.24) is 4.90 Å². The lowest BCUT2D eigenvalue weighted by atomic mass is 9.95. The summed E-state index contributed by atoms with van der Waals surface area (Å²) >= 11 is 0. The second kappa shape index (κ2) is 9.13. The number of carbonyl (C=O) groups is 3. The number of ether oxygens (including phenoxy) is 1. The van der Waals surface area contributed by atoms with Crippen molar-refractivity contribution in [2.75, 3.05) is 49.4 Å². The molecule has 1 unspecified atom stereocenters. The largest absolute Gasteiger partial charge is 0.495 e. The summed E-state index contributed by atoms with van der Waals surface area (Å²) in [5.74, 6) is -0.0358. The molecule has 0 bridgehead atoms. The Morgan fingerprint density at radius 2 is 1.91 bits per heavy atom. The number of carbonyl (C=O) groups excluding carboxylic acids is 3. The molecule has 0 saturated carbocycles. The Morgan fingerprint density at radius 1 is 1.12 bits per heavy atom. The van der Waals surface area contributed by atoms with Crippen LogP contribution in [0.15, 0.2) is 36.4 Å². The quantitative estimate of drug-likeness (QED) is 0.757. The standard InChI is InChI=1S/C25H30N4O4/c1-16-8-11-22(33-4)18(13-16)26-23(30)15-29-21-14-17(24(31)27(2)3)9-10-19(21)28-12-6-5-7-20(28)25(29)32/h8-11,13-14,20H,5-7,12,15H2,1-4H3,(H,26,30). The third-order valence-corrected chi connectivity index (χ3v) is 6.21. The lowest BCUT2D eigenvalue weighted by molar-refractivity contribution is -0.123. The number of hydrogen-bond acceptors (Lipinski definition) is 5. The fourth-order valence-electron chi connectivity index (χ4n) is 4.56. The maximum Gasteiger partial charge on any atom is 0.253 e. The number of benzene rings is 2. The molecule has 4 rings (SSSR count). The molecule has 174 valence electrons. The van der Waals surface area contributed by atoms with Gasteiger partial charge in [0.25, 0.3) is 5.91 Å². The normalized spacial score (nSPS) is 17.2. The van der Waals surface area contributed by atoms with Gasteiger partial charge in [-0.15, -0.1) is 0 Å². The smallest absolute Gasteiger partial charge is 0.253 e. The first kappa shape index (κ1) is 22.6. The number of amides is 3. The van der Waals surface area contributed by atoms with E-state index >= 15 is 0 Å². The maximum absolute atomic E-state index is 13.5. The Labute approximate surface area is 194 Å². The van der Waals surface area contributed by atoms with E-state index in [4.69, 9.17) is 4.74 Å². The topological polar surface area (TPSA) is 82.2 Å². The van der Waals surface area contributed by atoms with Gasteiger partial charge in [-0.05, 0) is 62.1 Å². The minimum atomic E-state index is -0.327. The second-order valence-electron chi connectivity index (χ2n) is 8.78. The van der Waals surface area contributed by atoms with Crippen LogP contribution in [0, 0.1) is 6.92 Å². The van der Waals surface area contributed by atoms with E-state index in [1.807, 2.05) is 25.1 Å². The highest BCUT2D eigenvalue weighted by Gasteiger charge is 2.40. The third-order valence-electron chi connectivity index (χ3n) is 6.21. The van der Waals surface area contributed by atoms with E-state index in [9.17, 15) is 14.4 Å². The first-order chi connectivity index (χ1) is 15.8. The SMILES string of the molecule is COc1ccc(C)cc1NC(=O)CN1C(=O)C2CCCCN2c2ccc(C(=O)N(C)C)cc21. The number of methoxy groups -OCH3 is 1. The average Bonchev–Trinajstić information content (AvgIpc) is 2.81. The number of hydrogen-bond donors (Lipinski definition) is 1. The minimum absolute atomic E-state index is 0.108. The van der Waals surface area contributed by atoms with Crippen LogP contribution < -0.4 is 19.9 Å². The van der Waals surface area contributed by atoms with Gasteiger partial charge in [-0.25, -0.2) is 0 Å². The van der Waals surface area contributed by atoms with Crippen molar-refractivity contribution < 1.29 is 19.1 Å². The molecule has 0 spiro atoms. The van der Waals surface area contributed by atoms with E-state index in [0.29, 0.717) is 22.7 Å². The van der Waals surface area contributed by atoms with E-state index in [0.717, 1.165) is 37.1 Å². The van der Waals surface area contributed by atoms with Crippen molar-refractivity contribution in [2.45, 2.75) is 32.2 Å². The van der Waals surface area contributed by atoms with E-state index < -0.39 is 0 Å². The third kappa shape index (κ3) is 4.37. The fourth-order valence-corrected chi connectivity index (χ4v) is 4.56. The average molecular weight is 451 g/mol. The van der Waals surface area contributed by atoms with Crippen LogP contribution in [0.2, 0.25) is 0 Å². The molecule has 3 amide bonds. The van der Waals surface area contributed by atoms with Gasteiger partial charge >= 0.3 is 0 Å². The van der Waals surface area contributed by atoms with Gasteiger partial charge in [0, 0.05) is 26.2 Å². The molecule has 2 aliphatic rings. The van der Waals surface area contributed by atoms with Crippen molar-refractivity contribution in [1.29, 1.82) is 0 Å². The lowest BCUT2D eigenvalue weighted by Crippen LogP contribution is -2.56. The molecule has 8 nitrogen and oxygen atoms in total. The summed E-state index contributed by atoms with van der Waals surface area (Å²) < 4.78 is 5.36. The van der Waals surface area contributed by atoms with Gasteiger partial charge < -0.3 is 19.9 Å². The zero-order valence-corrected chi connectivity index (χ0v) is 19.6. The van der Waals surface area contributed by atoms with Gasteiger partial charge in [0.2, 0.25) is 11.8 Å². The molecular weight excluding hydrogens is 420 g/mol. The highest BCUT2D eigenvalue weighted by molar-refractivity contribution is 6.11. The van der Waals surface area contributed by atoms with Gasteiger partial charge in [0.1, 0.15) is 18.3 Å². The van der Waals surface area contributed by atoms with Gasteiger partial charge in [-0.3, -0.25) is 19.3 Å². The lowest BCUT2D eigenvalue weighted by Gasteiger charge is -2.45. The van der Waals surface area contributed by atoms with Crippen molar-refractivity contribution >= 4 is 34.8 Å². The zero-order chi connectivity index (χ0) is 23.7. The van der Waals surface area contributed by atoms with Crippen molar-refractivity contribution in [3.05, 3.63) is 47.5 Å². The molecule has 1 saturated heterocycles. The predicted octanol–water partition coefficient (Wildman–Crippen LogP) is 3.05. The summed E-state index contributed by atoms with van der Waals surface area (Å²) in [7, 11) is 4.92. The summed E-state index contributed by atoms with van der Waals surface area (Å²) in [4.78, 5) is 44.3. The fraction of sp³-hybridized carbons (Fsp3) is 0.400. The highest BCUT2D eigenvalue weighted by atomic mass is 16.5. The number of rotatable bonds is 5. The maximum atomic E-state index is 13.5. The van der Waals surface area contributed by atoms with Crippen LogP contribution in [0.5, 0.6) is 5.75 Å². The number of piperidine rings is 1. The molecule has 33 heavy (non-hydrogen) atoms. The van der Waals surface area contributed by atoms with Crippen LogP contribution >= 0.6 is 0 Å². The predicted molar refractivity (Wildman–Crippen MR) is 128 cm³/mol. The zero-order valence-electron chi connectivity index (χ0n) is 19.6. The summed E-state index contributed by atoms with van der Waals surface area (Å²) in [5.41, 5.74) is 3.50. The van der Waals surface area contributed by atoms with Crippen LogP contribution in [-0.2, 0) is 9.59 Å². The second-order valence-corrected chi connectivity index (χ2v) is 8.78. The molecule has 1 atom stereocenters. The monoisotopic (exact) mass is 450 g/mol. The molecule has 2 aromatic carbocycles. The van der Waals surface area contributed by atoms with E-state index in [2.05, 4.69) is 10.2 Å². The Balaban J connectivity index is 1.67. The first-order valence-electron chi connectivity index (χ1n) is 11.2. The molecular formula is C25H30N4O4. The molecule has 1 N–H and O–H groups in total. The highest BCUT2D eigenvalue weighted by Crippen LogP contribution is 2.40. The molecule has 0 aliphatic carbocycles. The molecule has 2 heterocycles. The van der Waals surface area contributed by atoms with Crippen LogP contribution in [0.4, 0.5) is 17.1 Å². The van der Waals surface area contributed by atoms with Crippen LogP contribution in [0.25, 0.3) is 0 Å². The van der Waals surface area contributed by atoms with E-state index in [-0.39, 0.29) is 30.3 Å². The number of aryl methyl sites for hydroxylation is 1. The van der Waals surface area contributed by atoms with Crippen LogP contribution in [0.1, 0.15) is 35.2 Å². The Bertz CT molecular complexity index is 1100. The summed E-state index contributed by atoms with van der Waals surface area (Å²) in [5, 5.41) is 2.88. The van der Waals surface area contributed by atoms with E-state index in [1.165, 1.54) is 9.80 Å². The number of nitrogens with zero attached hydrogens (tertiary/aromatic N) is 3. The summed E-state index contributed by atoms with van der Waals surface area (Å²) in [6.45, 7) is 2.57. The number of fused-ring (bicyclic) bond motifs is 3. The molecule has 2 aliphatic heterocycles. The number of nitrogens with one attached hydrogen (secondary N) is 1. The molecule has 0 aromatic heterocycles.